The Balaban J connectivity index is 2.00. The first-order valence-corrected chi connectivity index (χ1v) is 7.36. The minimum Gasteiger partial charge on any atom is -0.507 e. The van der Waals surface area contributed by atoms with Gasteiger partial charge in [0.15, 0.2) is 0 Å². The first-order valence-electron chi connectivity index (χ1n) is 6.56. The highest BCUT2D eigenvalue weighted by Gasteiger charge is 2.14. The first kappa shape index (κ1) is 12.9. The van der Waals surface area contributed by atoms with Crippen LogP contribution in [0.3, 0.4) is 0 Å². The molecular weight excluding hydrogens is 278 g/mol. The lowest BCUT2D eigenvalue weighted by atomic mass is 10.1. The predicted molar refractivity (Wildman–Crippen MR) is 73.3 cm³/mol. The molecule has 1 aromatic carbocycles. The smallest absolute Gasteiger partial charge is 0.124 e. The van der Waals surface area contributed by atoms with Crippen LogP contribution in [0.5, 0.6) is 5.75 Å². The lowest BCUT2D eigenvalue weighted by Gasteiger charge is -2.22. The van der Waals surface area contributed by atoms with E-state index in [1.54, 1.807) is 11.0 Å². The molecule has 94 valence electrons. The Morgan fingerprint density at radius 3 is 2.41 bits per heavy atom. The second kappa shape index (κ2) is 6.41. The fraction of sp³-hybridized carbons (Fsp3) is 0.571. The fourth-order valence-electron chi connectivity index (χ4n) is 2.55. The van der Waals surface area contributed by atoms with Crippen LogP contribution in [0.15, 0.2) is 22.7 Å². The van der Waals surface area contributed by atoms with Gasteiger partial charge in [-0.3, -0.25) is 0 Å². The van der Waals surface area contributed by atoms with E-state index in [1.807, 2.05) is 12.1 Å². The van der Waals surface area contributed by atoms with Crippen LogP contribution in [0.1, 0.15) is 37.7 Å². The van der Waals surface area contributed by atoms with E-state index >= 15 is 0 Å². The van der Waals surface area contributed by atoms with Gasteiger partial charge in [-0.2, -0.15) is 0 Å². The third-order valence-corrected chi connectivity index (χ3v) is 4.04. The number of benzene rings is 1. The van der Waals surface area contributed by atoms with Crippen LogP contribution in [0.25, 0.3) is 0 Å². The number of aromatic hydroxyl groups is 1. The van der Waals surface area contributed by atoms with E-state index in [0.717, 1.165) is 16.6 Å². The van der Waals surface area contributed by atoms with Gasteiger partial charge < -0.3 is 10.0 Å². The molecule has 0 saturated carbocycles. The molecule has 1 aliphatic rings. The van der Waals surface area contributed by atoms with Crippen molar-refractivity contribution < 1.29 is 10.0 Å². The van der Waals surface area contributed by atoms with Gasteiger partial charge in [0.05, 0.1) is 13.1 Å². The molecule has 2 N–H and O–H groups in total. The van der Waals surface area contributed by atoms with Crippen LogP contribution >= 0.6 is 15.9 Å². The molecule has 0 atom stereocenters. The van der Waals surface area contributed by atoms with Crippen LogP contribution < -0.4 is 4.90 Å². The van der Waals surface area contributed by atoms with Crippen molar-refractivity contribution in [1.82, 2.24) is 0 Å². The van der Waals surface area contributed by atoms with E-state index in [0.29, 0.717) is 5.75 Å². The fourth-order valence-corrected chi connectivity index (χ4v) is 2.96. The summed E-state index contributed by atoms with van der Waals surface area (Å²) in [6.07, 6.45) is 6.78. The minimum absolute atomic E-state index is 0.433. The molecule has 1 fully saturated rings. The van der Waals surface area contributed by atoms with Gasteiger partial charge in [-0.1, -0.05) is 22.4 Å². The molecule has 0 amide bonds. The molecule has 0 spiro atoms. The predicted octanol–water partition coefficient (Wildman–Crippen LogP) is 2.50. The number of halogens is 1. The Hall–Kier alpha value is -0.540. The Bertz CT molecular complexity index is 359. The Kier molecular flexibility index (Phi) is 4.86. The second-order valence-electron chi connectivity index (χ2n) is 4.97. The summed E-state index contributed by atoms with van der Waals surface area (Å²) in [5, 5.41) is 9.86. The van der Waals surface area contributed by atoms with Crippen molar-refractivity contribution >= 4 is 15.9 Å². The average molecular weight is 299 g/mol. The highest BCUT2D eigenvalue weighted by molar-refractivity contribution is 9.10. The van der Waals surface area contributed by atoms with E-state index in [9.17, 15) is 5.11 Å². The van der Waals surface area contributed by atoms with Gasteiger partial charge in [0.2, 0.25) is 0 Å². The monoisotopic (exact) mass is 298 g/mol. The number of hydrogen-bond acceptors (Lipinski definition) is 1. The zero-order valence-corrected chi connectivity index (χ0v) is 11.8. The molecule has 1 aliphatic heterocycles. The average Bonchev–Trinajstić information content (AvgIpc) is 2.27. The lowest BCUT2D eigenvalue weighted by molar-refractivity contribution is -0.914. The molecule has 0 unspecified atom stereocenters. The van der Waals surface area contributed by atoms with Gasteiger partial charge in [0.25, 0.3) is 0 Å². The zero-order chi connectivity index (χ0) is 12.1. The summed E-state index contributed by atoms with van der Waals surface area (Å²) in [5.74, 6) is 0.433. The number of phenolic OH excluding ortho intramolecular Hbond substituents is 1. The number of likely N-dealkylation sites (tertiary alicyclic amines) is 1. The van der Waals surface area contributed by atoms with E-state index < -0.39 is 0 Å². The van der Waals surface area contributed by atoms with Gasteiger partial charge in [-0.05, 0) is 43.9 Å². The number of nitrogens with one attached hydrogen (secondary N) is 1. The normalized spacial score (nSPS) is 18.6. The molecule has 1 heterocycles. The lowest BCUT2D eigenvalue weighted by Crippen LogP contribution is -3.10. The Morgan fingerprint density at radius 2 is 1.71 bits per heavy atom. The summed E-state index contributed by atoms with van der Waals surface area (Å²) in [5.41, 5.74) is 1.06. The summed E-state index contributed by atoms with van der Waals surface area (Å²) in [4.78, 5) is 1.61. The van der Waals surface area contributed by atoms with Crippen molar-refractivity contribution in [3.05, 3.63) is 28.2 Å². The molecular formula is C14H21BrNO+. The van der Waals surface area contributed by atoms with Crippen molar-refractivity contribution in [3.8, 4) is 5.75 Å². The van der Waals surface area contributed by atoms with Crippen LogP contribution in [0, 0.1) is 0 Å². The summed E-state index contributed by atoms with van der Waals surface area (Å²) < 4.78 is 1.05. The maximum absolute atomic E-state index is 9.86. The van der Waals surface area contributed by atoms with E-state index in [-0.39, 0.29) is 0 Å². The van der Waals surface area contributed by atoms with E-state index in [4.69, 9.17) is 0 Å². The number of hydrogen-bond donors (Lipinski definition) is 2. The minimum atomic E-state index is 0.433. The van der Waals surface area contributed by atoms with Crippen LogP contribution in [-0.4, -0.2) is 18.2 Å². The SMILES string of the molecule is Oc1ccc(Br)cc1C[NH+]1CCCCCCC1. The molecule has 0 radical (unpaired) electrons. The summed E-state index contributed by atoms with van der Waals surface area (Å²) in [6, 6.07) is 5.71. The topological polar surface area (TPSA) is 24.7 Å². The van der Waals surface area contributed by atoms with Crippen LogP contribution in [0.4, 0.5) is 0 Å². The molecule has 3 heteroatoms. The third kappa shape index (κ3) is 4.00. The Labute approximate surface area is 112 Å². The zero-order valence-electron chi connectivity index (χ0n) is 10.2. The summed E-state index contributed by atoms with van der Waals surface area (Å²) in [7, 11) is 0. The quantitative estimate of drug-likeness (QED) is 0.862. The summed E-state index contributed by atoms with van der Waals surface area (Å²) >= 11 is 3.47. The van der Waals surface area contributed by atoms with Gasteiger partial charge in [-0.25, -0.2) is 0 Å². The number of quaternary nitrogens is 1. The van der Waals surface area contributed by atoms with Crippen molar-refractivity contribution in [2.75, 3.05) is 13.1 Å². The third-order valence-electron chi connectivity index (χ3n) is 3.54. The van der Waals surface area contributed by atoms with Crippen molar-refractivity contribution in [1.29, 1.82) is 0 Å². The maximum Gasteiger partial charge on any atom is 0.124 e. The molecule has 0 bridgehead atoms. The number of phenols is 1. The first-order chi connectivity index (χ1) is 8.25. The van der Waals surface area contributed by atoms with Crippen LogP contribution in [0.2, 0.25) is 0 Å². The molecule has 1 aromatic rings. The largest absolute Gasteiger partial charge is 0.507 e. The molecule has 2 nitrogen and oxygen atoms in total. The molecule has 0 aliphatic carbocycles. The van der Waals surface area contributed by atoms with Crippen LogP contribution in [-0.2, 0) is 6.54 Å². The maximum atomic E-state index is 9.86. The van der Waals surface area contributed by atoms with E-state index in [2.05, 4.69) is 15.9 Å². The van der Waals surface area contributed by atoms with Gasteiger partial charge in [0.1, 0.15) is 12.3 Å². The standard InChI is InChI=1S/C14H20BrNO/c15-13-6-7-14(17)12(10-13)11-16-8-4-2-1-3-5-9-16/h6-7,10,17H,1-5,8-9,11H2/p+1. The molecule has 17 heavy (non-hydrogen) atoms. The van der Waals surface area contributed by atoms with Crippen molar-refractivity contribution in [2.45, 2.75) is 38.6 Å². The van der Waals surface area contributed by atoms with Crippen molar-refractivity contribution in [2.24, 2.45) is 0 Å². The molecule has 0 aromatic heterocycles. The highest BCUT2D eigenvalue weighted by Crippen LogP contribution is 2.21. The van der Waals surface area contributed by atoms with Gasteiger partial charge in [-0.15, -0.1) is 0 Å². The summed E-state index contributed by atoms with van der Waals surface area (Å²) in [6.45, 7) is 3.43. The van der Waals surface area contributed by atoms with Gasteiger partial charge >= 0.3 is 0 Å². The highest BCUT2D eigenvalue weighted by atomic mass is 79.9. The number of rotatable bonds is 2. The van der Waals surface area contributed by atoms with Crippen molar-refractivity contribution in [3.63, 3.8) is 0 Å². The second-order valence-corrected chi connectivity index (χ2v) is 5.88. The Morgan fingerprint density at radius 1 is 1.06 bits per heavy atom. The molecule has 2 rings (SSSR count). The van der Waals surface area contributed by atoms with Gasteiger partial charge in [0, 0.05) is 10.0 Å². The van der Waals surface area contributed by atoms with E-state index in [1.165, 1.54) is 45.2 Å². The molecule has 1 saturated heterocycles.